The zero-order chi connectivity index (χ0) is 22.3. The molecule has 3 aliphatic rings. The smallest absolute Gasteiger partial charge is 0.115 e. The van der Waals surface area contributed by atoms with Crippen LogP contribution in [0.3, 0.4) is 0 Å². The fraction of sp³-hybridized carbons (Fsp3) is 0.786. The Labute approximate surface area is 190 Å². The molecule has 0 spiro atoms. The van der Waals surface area contributed by atoms with E-state index in [9.17, 15) is 10.2 Å². The molecule has 2 saturated carbocycles. The van der Waals surface area contributed by atoms with Crippen LogP contribution in [0.5, 0.6) is 5.75 Å². The standard InChI is InChI=1S/C18H24O2.C10H23N/c1-18-9-8-14-13-5-3-12(19)10-11(13)2-4-15(14)16(18)6-7-17(18)20;1-2-3-4-5-6-7-8-9-10-11/h3,5,10,14-17,19-20H,2,4,6-9H2,1H3;2-11H2,1H3/t14?,15?,16-,17?,18?;/m0./s1. The number of nitrogens with two attached hydrogens (primary N) is 1. The van der Waals surface area contributed by atoms with Gasteiger partial charge in [-0.1, -0.05) is 64.9 Å². The molecule has 176 valence electrons. The molecule has 4 unspecified atom stereocenters. The first-order valence-electron chi connectivity index (χ1n) is 13.2. The minimum absolute atomic E-state index is 0.0883. The summed E-state index contributed by atoms with van der Waals surface area (Å²) in [5.74, 6) is 2.49. The summed E-state index contributed by atoms with van der Waals surface area (Å²) in [5, 5.41) is 20.0. The maximum Gasteiger partial charge on any atom is 0.115 e. The Hall–Kier alpha value is -1.06. The van der Waals surface area contributed by atoms with E-state index in [0.29, 0.717) is 17.6 Å². The molecule has 1 aromatic carbocycles. The zero-order valence-electron chi connectivity index (χ0n) is 20.1. The number of unbranched alkanes of at least 4 members (excludes halogenated alkanes) is 7. The van der Waals surface area contributed by atoms with Gasteiger partial charge in [0.15, 0.2) is 0 Å². The first kappa shape index (κ1) is 24.6. The summed E-state index contributed by atoms with van der Waals surface area (Å²) in [4.78, 5) is 0. The van der Waals surface area contributed by atoms with E-state index in [1.807, 2.05) is 12.1 Å². The average Bonchev–Trinajstić information content (AvgIpc) is 3.08. The van der Waals surface area contributed by atoms with E-state index in [4.69, 9.17) is 5.73 Å². The molecule has 0 saturated heterocycles. The summed E-state index contributed by atoms with van der Waals surface area (Å²) in [6.45, 7) is 5.45. The van der Waals surface area contributed by atoms with Crippen molar-refractivity contribution in [3.05, 3.63) is 29.3 Å². The molecule has 4 N–H and O–H groups in total. The molecular weight excluding hydrogens is 382 g/mol. The molecule has 0 aliphatic heterocycles. The average molecular weight is 430 g/mol. The summed E-state index contributed by atoms with van der Waals surface area (Å²) in [5.41, 5.74) is 8.38. The van der Waals surface area contributed by atoms with Gasteiger partial charge in [0.25, 0.3) is 0 Å². The highest BCUT2D eigenvalue weighted by Crippen LogP contribution is 2.60. The molecule has 0 amide bonds. The minimum atomic E-state index is -0.0883. The van der Waals surface area contributed by atoms with Crippen LogP contribution in [-0.2, 0) is 6.42 Å². The number of phenolic OH excluding ortho intramolecular Hbond substituents is 1. The SMILES string of the molecule is CC12CCC3c4ccc(O)cc4CCC3[C@@H]1CCC2O.CCCCCCCCCCN. The van der Waals surface area contributed by atoms with E-state index in [-0.39, 0.29) is 11.5 Å². The largest absolute Gasteiger partial charge is 0.508 e. The van der Waals surface area contributed by atoms with Gasteiger partial charge in [0, 0.05) is 0 Å². The van der Waals surface area contributed by atoms with Gasteiger partial charge >= 0.3 is 0 Å². The lowest BCUT2D eigenvalue weighted by Crippen LogP contribution is -2.43. The van der Waals surface area contributed by atoms with E-state index in [1.54, 1.807) is 0 Å². The Bertz CT molecular complexity index is 667. The minimum Gasteiger partial charge on any atom is -0.508 e. The molecule has 0 bridgehead atoms. The summed E-state index contributed by atoms with van der Waals surface area (Å²) in [7, 11) is 0. The third-order valence-corrected chi connectivity index (χ3v) is 8.72. The number of hydrogen-bond donors (Lipinski definition) is 3. The molecule has 0 aromatic heterocycles. The van der Waals surface area contributed by atoms with Gasteiger partial charge in [0.1, 0.15) is 5.75 Å². The number of phenols is 1. The van der Waals surface area contributed by atoms with Crippen LogP contribution < -0.4 is 5.73 Å². The van der Waals surface area contributed by atoms with Gasteiger partial charge in [-0.25, -0.2) is 0 Å². The molecule has 2 fully saturated rings. The number of hydrogen-bond acceptors (Lipinski definition) is 3. The van der Waals surface area contributed by atoms with Gasteiger partial charge in [-0.15, -0.1) is 0 Å². The Morgan fingerprint density at radius 3 is 2.39 bits per heavy atom. The molecule has 3 heteroatoms. The summed E-state index contributed by atoms with van der Waals surface area (Å²) in [6, 6.07) is 5.96. The molecule has 3 nitrogen and oxygen atoms in total. The van der Waals surface area contributed by atoms with Crippen LogP contribution in [-0.4, -0.2) is 22.9 Å². The van der Waals surface area contributed by atoms with Gasteiger partial charge in [0.2, 0.25) is 0 Å². The number of fused-ring (bicyclic) bond motifs is 5. The molecule has 0 radical (unpaired) electrons. The van der Waals surface area contributed by atoms with Gasteiger partial charge in [0.05, 0.1) is 6.10 Å². The van der Waals surface area contributed by atoms with E-state index >= 15 is 0 Å². The van der Waals surface area contributed by atoms with Crippen molar-refractivity contribution in [2.24, 2.45) is 23.0 Å². The summed E-state index contributed by atoms with van der Waals surface area (Å²) >= 11 is 0. The topological polar surface area (TPSA) is 66.5 Å². The number of aliphatic hydroxyl groups excluding tert-OH is 1. The quantitative estimate of drug-likeness (QED) is 0.403. The van der Waals surface area contributed by atoms with Crippen molar-refractivity contribution in [1.29, 1.82) is 0 Å². The van der Waals surface area contributed by atoms with Crippen molar-refractivity contribution in [2.45, 2.75) is 116 Å². The van der Waals surface area contributed by atoms with E-state index in [0.717, 1.165) is 31.7 Å². The number of benzene rings is 1. The van der Waals surface area contributed by atoms with Crippen molar-refractivity contribution in [3.8, 4) is 5.75 Å². The fourth-order valence-electron chi connectivity index (χ4n) is 6.82. The van der Waals surface area contributed by atoms with Crippen LogP contribution in [0.1, 0.15) is 114 Å². The lowest BCUT2D eigenvalue weighted by Gasteiger charge is -2.50. The van der Waals surface area contributed by atoms with Crippen molar-refractivity contribution < 1.29 is 10.2 Å². The first-order chi connectivity index (χ1) is 15.0. The Kier molecular flexibility index (Phi) is 9.28. The molecule has 31 heavy (non-hydrogen) atoms. The van der Waals surface area contributed by atoms with Gasteiger partial charge in [-0.2, -0.15) is 0 Å². The molecule has 1 aromatic rings. The van der Waals surface area contributed by atoms with Crippen LogP contribution in [0.4, 0.5) is 0 Å². The summed E-state index contributed by atoms with van der Waals surface area (Å²) in [6.07, 6.45) is 17.8. The number of aromatic hydroxyl groups is 1. The highest BCUT2D eigenvalue weighted by Gasteiger charge is 2.54. The van der Waals surface area contributed by atoms with Gasteiger partial charge in [-0.05, 0) is 97.9 Å². The van der Waals surface area contributed by atoms with Crippen molar-refractivity contribution in [3.63, 3.8) is 0 Å². The lowest BCUT2D eigenvalue weighted by molar-refractivity contribution is -0.0226. The van der Waals surface area contributed by atoms with Gasteiger partial charge in [-0.3, -0.25) is 0 Å². The van der Waals surface area contributed by atoms with Crippen molar-refractivity contribution in [2.75, 3.05) is 6.54 Å². The zero-order valence-corrected chi connectivity index (χ0v) is 20.1. The Morgan fingerprint density at radius 2 is 1.68 bits per heavy atom. The third kappa shape index (κ3) is 5.85. The molecular formula is C28H47NO2. The highest BCUT2D eigenvalue weighted by atomic mass is 16.3. The van der Waals surface area contributed by atoms with E-state index < -0.39 is 0 Å². The Morgan fingerprint density at radius 1 is 0.968 bits per heavy atom. The number of aliphatic hydroxyl groups is 1. The fourth-order valence-corrected chi connectivity index (χ4v) is 6.82. The van der Waals surface area contributed by atoms with Gasteiger partial charge < -0.3 is 15.9 Å². The molecule has 3 aliphatic carbocycles. The van der Waals surface area contributed by atoms with Crippen LogP contribution in [0, 0.1) is 17.3 Å². The van der Waals surface area contributed by atoms with Crippen LogP contribution in [0.15, 0.2) is 18.2 Å². The lowest BCUT2D eigenvalue weighted by atomic mass is 9.55. The monoisotopic (exact) mass is 429 g/mol. The second-order valence-corrected chi connectivity index (χ2v) is 10.7. The second kappa shape index (κ2) is 11.7. The predicted octanol–water partition coefficient (Wildman–Crippen LogP) is 6.70. The highest BCUT2D eigenvalue weighted by molar-refractivity contribution is 5.40. The van der Waals surface area contributed by atoms with E-state index in [1.165, 1.54) is 81.8 Å². The predicted molar refractivity (Wildman–Crippen MR) is 130 cm³/mol. The molecule has 4 rings (SSSR count). The molecule has 0 heterocycles. The maximum atomic E-state index is 10.4. The normalized spacial score (nSPS) is 31.2. The number of rotatable bonds is 8. The van der Waals surface area contributed by atoms with Crippen molar-refractivity contribution >= 4 is 0 Å². The second-order valence-electron chi connectivity index (χ2n) is 10.7. The first-order valence-corrected chi connectivity index (χ1v) is 13.2. The summed E-state index contributed by atoms with van der Waals surface area (Å²) < 4.78 is 0. The Balaban J connectivity index is 0.000000214. The third-order valence-electron chi connectivity index (χ3n) is 8.72. The van der Waals surface area contributed by atoms with Crippen LogP contribution in [0.2, 0.25) is 0 Å². The number of aryl methyl sites for hydroxylation is 1. The molecule has 5 atom stereocenters. The van der Waals surface area contributed by atoms with E-state index in [2.05, 4.69) is 19.9 Å². The maximum absolute atomic E-state index is 10.4. The van der Waals surface area contributed by atoms with Crippen molar-refractivity contribution in [1.82, 2.24) is 0 Å². The van der Waals surface area contributed by atoms with Crippen LogP contribution >= 0.6 is 0 Å². The van der Waals surface area contributed by atoms with Crippen LogP contribution in [0.25, 0.3) is 0 Å².